The summed E-state index contributed by atoms with van der Waals surface area (Å²) >= 11 is 12.6. The molecule has 1 saturated carbocycles. The number of anilines is 1. The number of rotatable bonds is 11. The maximum absolute atomic E-state index is 14.2. The predicted octanol–water partition coefficient (Wildman–Crippen LogP) is 5.77. The van der Waals surface area contributed by atoms with Crippen molar-refractivity contribution in [3.8, 4) is 0 Å². The summed E-state index contributed by atoms with van der Waals surface area (Å²) in [5.41, 5.74) is 2.82. The molecule has 218 valence electrons. The van der Waals surface area contributed by atoms with Crippen molar-refractivity contribution in [2.45, 2.75) is 57.7 Å². The fourth-order valence-corrected chi connectivity index (χ4v) is 6.51. The summed E-state index contributed by atoms with van der Waals surface area (Å²) in [5.74, 6) is -0.788. The summed E-state index contributed by atoms with van der Waals surface area (Å²) in [4.78, 5) is 29.6. The number of sulfonamides is 1. The Bertz CT molecular complexity index is 1480. The number of nitrogens with zero attached hydrogens (tertiary/aromatic N) is 2. The SMILES string of the molecule is Cc1cccc(CN(C(=O)CN(c2cccc(Cl)c2Cl)S(C)(=O)=O)C(Cc2ccccc2)C(=O)NC2CCCC2)c1. The van der Waals surface area contributed by atoms with Crippen molar-refractivity contribution in [1.82, 2.24) is 10.2 Å². The van der Waals surface area contributed by atoms with Gasteiger partial charge < -0.3 is 10.2 Å². The van der Waals surface area contributed by atoms with Crippen LogP contribution >= 0.6 is 23.2 Å². The number of amides is 2. The van der Waals surface area contributed by atoms with Gasteiger partial charge in [-0.05, 0) is 43.0 Å². The molecule has 7 nitrogen and oxygen atoms in total. The van der Waals surface area contributed by atoms with Gasteiger partial charge in [-0.3, -0.25) is 13.9 Å². The Labute approximate surface area is 252 Å². The number of hydrogen-bond acceptors (Lipinski definition) is 4. The second-order valence-electron chi connectivity index (χ2n) is 10.5. The molecule has 1 N–H and O–H groups in total. The Hall–Kier alpha value is -3.07. The topological polar surface area (TPSA) is 86.8 Å². The molecule has 3 aromatic carbocycles. The van der Waals surface area contributed by atoms with Crippen molar-refractivity contribution in [3.05, 3.63) is 99.5 Å². The number of aryl methyl sites for hydroxylation is 1. The van der Waals surface area contributed by atoms with Crippen LogP contribution in [0.15, 0.2) is 72.8 Å². The Balaban J connectivity index is 1.74. The largest absolute Gasteiger partial charge is 0.352 e. The van der Waals surface area contributed by atoms with Crippen LogP contribution in [0.1, 0.15) is 42.4 Å². The highest BCUT2D eigenvalue weighted by Crippen LogP contribution is 2.34. The van der Waals surface area contributed by atoms with Gasteiger partial charge in [0.1, 0.15) is 12.6 Å². The Morgan fingerprint density at radius 3 is 2.27 bits per heavy atom. The third kappa shape index (κ3) is 8.24. The number of hydrogen-bond donors (Lipinski definition) is 1. The molecule has 0 bridgehead atoms. The van der Waals surface area contributed by atoms with E-state index in [4.69, 9.17) is 23.2 Å². The van der Waals surface area contributed by atoms with Crippen molar-refractivity contribution in [3.63, 3.8) is 0 Å². The molecular formula is C31H35Cl2N3O4S. The molecule has 2 amide bonds. The Kier molecular flexibility index (Phi) is 10.3. The number of carbonyl (C=O) groups is 2. The molecule has 0 radical (unpaired) electrons. The van der Waals surface area contributed by atoms with E-state index in [1.165, 1.54) is 11.0 Å². The van der Waals surface area contributed by atoms with E-state index < -0.39 is 28.5 Å². The Morgan fingerprint density at radius 1 is 0.951 bits per heavy atom. The molecule has 0 aliphatic heterocycles. The molecular weight excluding hydrogens is 581 g/mol. The van der Waals surface area contributed by atoms with Crippen molar-refractivity contribution in [1.29, 1.82) is 0 Å². The van der Waals surface area contributed by atoms with Crippen LogP contribution in [-0.4, -0.2) is 50.0 Å². The maximum Gasteiger partial charge on any atom is 0.244 e. The van der Waals surface area contributed by atoms with Gasteiger partial charge in [-0.1, -0.05) is 102 Å². The molecule has 4 rings (SSSR count). The summed E-state index contributed by atoms with van der Waals surface area (Å²) in [6.45, 7) is 1.53. The van der Waals surface area contributed by atoms with E-state index in [2.05, 4.69) is 5.32 Å². The van der Waals surface area contributed by atoms with Crippen molar-refractivity contribution in [2.75, 3.05) is 17.1 Å². The molecule has 1 unspecified atom stereocenters. The average Bonchev–Trinajstić information content (AvgIpc) is 3.44. The van der Waals surface area contributed by atoms with Gasteiger partial charge in [0.15, 0.2) is 0 Å². The van der Waals surface area contributed by atoms with Crippen molar-refractivity contribution >= 4 is 50.7 Å². The van der Waals surface area contributed by atoms with Gasteiger partial charge in [-0.2, -0.15) is 0 Å². The molecule has 0 spiro atoms. The zero-order chi connectivity index (χ0) is 29.6. The molecule has 1 aliphatic rings. The summed E-state index contributed by atoms with van der Waals surface area (Å²) < 4.78 is 26.9. The van der Waals surface area contributed by atoms with E-state index in [9.17, 15) is 18.0 Å². The molecule has 41 heavy (non-hydrogen) atoms. The molecule has 0 aromatic heterocycles. The van der Waals surface area contributed by atoms with Crippen LogP contribution in [0.25, 0.3) is 0 Å². The number of benzene rings is 3. The van der Waals surface area contributed by atoms with E-state index in [1.54, 1.807) is 12.1 Å². The highest BCUT2D eigenvalue weighted by atomic mass is 35.5. The van der Waals surface area contributed by atoms with E-state index in [-0.39, 0.29) is 40.6 Å². The smallest absolute Gasteiger partial charge is 0.244 e. The van der Waals surface area contributed by atoms with Gasteiger partial charge in [0.05, 0.1) is 22.0 Å². The van der Waals surface area contributed by atoms with Gasteiger partial charge in [0, 0.05) is 19.0 Å². The van der Waals surface area contributed by atoms with Crippen LogP contribution in [0.4, 0.5) is 5.69 Å². The summed E-state index contributed by atoms with van der Waals surface area (Å²) in [6, 6.07) is 21.0. The van der Waals surface area contributed by atoms with E-state index in [0.717, 1.165) is 52.9 Å². The van der Waals surface area contributed by atoms with Gasteiger partial charge in [0.2, 0.25) is 21.8 Å². The Morgan fingerprint density at radius 2 is 1.61 bits per heavy atom. The van der Waals surface area contributed by atoms with Crippen LogP contribution in [0.3, 0.4) is 0 Å². The zero-order valence-electron chi connectivity index (χ0n) is 23.2. The quantitative estimate of drug-likeness (QED) is 0.297. The molecule has 1 fully saturated rings. The fraction of sp³-hybridized carbons (Fsp3) is 0.355. The summed E-state index contributed by atoms with van der Waals surface area (Å²) in [7, 11) is -3.95. The lowest BCUT2D eigenvalue weighted by Gasteiger charge is -2.34. The number of carbonyl (C=O) groups excluding carboxylic acids is 2. The molecule has 10 heteroatoms. The molecule has 0 saturated heterocycles. The van der Waals surface area contributed by atoms with Gasteiger partial charge in [-0.25, -0.2) is 8.42 Å². The number of halogens is 2. The third-order valence-electron chi connectivity index (χ3n) is 7.29. The predicted molar refractivity (Wildman–Crippen MR) is 165 cm³/mol. The number of nitrogens with one attached hydrogen (secondary N) is 1. The molecule has 1 aliphatic carbocycles. The van der Waals surface area contributed by atoms with Gasteiger partial charge >= 0.3 is 0 Å². The first-order valence-electron chi connectivity index (χ1n) is 13.6. The lowest BCUT2D eigenvalue weighted by molar-refractivity contribution is -0.140. The van der Waals surface area contributed by atoms with Crippen LogP contribution in [-0.2, 0) is 32.6 Å². The summed E-state index contributed by atoms with van der Waals surface area (Å²) in [6.07, 6.45) is 5.16. The first kappa shape index (κ1) is 30.9. The highest BCUT2D eigenvalue weighted by Gasteiger charge is 2.34. The van der Waals surface area contributed by atoms with E-state index >= 15 is 0 Å². The average molecular weight is 617 g/mol. The van der Waals surface area contributed by atoms with Crippen molar-refractivity contribution < 1.29 is 18.0 Å². The summed E-state index contributed by atoms with van der Waals surface area (Å²) in [5, 5.41) is 3.35. The third-order valence-corrected chi connectivity index (χ3v) is 9.22. The van der Waals surface area contributed by atoms with Crippen LogP contribution in [0.2, 0.25) is 10.0 Å². The minimum absolute atomic E-state index is 0.0254. The molecule has 3 aromatic rings. The van der Waals surface area contributed by atoms with Crippen molar-refractivity contribution in [2.24, 2.45) is 0 Å². The van der Waals surface area contributed by atoms with E-state index in [0.29, 0.717) is 0 Å². The molecule has 0 heterocycles. The second kappa shape index (κ2) is 13.7. The lowest BCUT2D eigenvalue weighted by atomic mass is 10.0. The standard InChI is InChI=1S/C31H35Cl2N3O4S/c1-22-10-8-13-24(18-22)20-35(29(37)21-36(41(2,39)40)27-17-9-16-26(32)30(27)33)28(19-23-11-4-3-5-12-23)31(38)34-25-14-6-7-15-25/h3-5,8-13,16-18,25,28H,6-7,14-15,19-21H2,1-2H3,(H,34,38). The lowest BCUT2D eigenvalue weighted by Crippen LogP contribution is -2.54. The normalized spacial score (nSPS) is 14.4. The minimum atomic E-state index is -3.95. The maximum atomic E-state index is 14.2. The minimum Gasteiger partial charge on any atom is -0.352 e. The van der Waals surface area contributed by atoms with Crippen LogP contribution in [0.5, 0.6) is 0 Å². The highest BCUT2D eigenvalue weighted by molar-refractivity contribution is 7.92. The fourth-order valence-electron chi connectivity index (χ4n) is 5.21. The van der Waals surface area contributed by atoms with Crippen LogP contribution < -0.4 is 9.62 Å². The van der Waals surface area contributed by atoms with Gasteiger partial charge in [-0.15, -0.1) is 0 Å². The van der Waals surface area contributed by atoms with E-state index in [1.807, 2.05) is 61.5 Å². The molecule has 1 atom stereocenters. The van der Waals surface area contributed by atoms with Gasteiger partial charge in [0.25, 0.3) is 0 Å². The first-order valence-corrected chi connectivity index (χ1v) is 16.2. The monoisotopic (exact) mass is 615 g/mol. The van der Waals surface area contributed by atoms with Crippen LogP contribution in [0, 0.1) is 6.92 Å². The first-order chi connectivity index (χ1) is 19.5. The zero-order valence-corrected chi connectivity index (χ0v) is 25.6. The second-order valence-corrected chi connectivity index (χ2v) is 13.2.